The summed E-state index contributed by atoms with van der Waals surface area (Å²) in [5, 5.41) is 11.1. The molecule has 3 heteroatoms. The molecule has 0 bridgehead atoms. The Bertz CT molecular complexity index is 601. The zero-order valence-electron chi connectivity index (χ0n) is 9.70. The van der Waals surface area contributed by atoms with E-state index in [1.165, 1.54) is 0 Å². The maximum atomic E-state index is 8.92. The van der Waals surface area contributed by atoms with Crippen molar-refractivity contribution in [3.8, 4) is 11.8 Å². The summed E-state index contributed by atoms with van der Waals surface area (Å²) in [4.78, 5) is 0. The standard InChI is InChI=1S/C14H12BrNO/c1-9(8-16)10-3-5-12-11(7-10)4-6-13(17-2)14(12)15/h3-7,9H,1-2H3. The van der Waals surface area contributed by atoms with Crippen LogP contribution in [0.25, 0.3) is 10.8 Å². The van der Waals surface area contributed by atoms with E-state index in [9.17, 15) is 0 Å². The molecule has 17 heavy (non-hydrogen) atoms. The van der Waals surface area contributed by atoms with E-state index < -0.39 is 0 Å². The highest BCUT2D eigenvalue weighted by molar-refractivity contribution is 9.10. The maximum Gasteiger partial charge on any atom is 0.133 e. The van der Waals surface area contributed by atoms with Gasteiger partial charge in [0.05, 0.1) is 23.6 Å². The van der Waals surface area contributed by atoms with Crippen molar-refractivity contribution in [3.63, 3.8) is 0 Å². The van der Waals surface area contributed by atoms with Crippen molar-refractivity contribution in [2.24, 2.45) is 0 Å². The van der Waals surface area contributed by atoms with Gasteiger partial charge in [0.15, 0.2) is 0 Å². The van der Waals surface area contributed by atoms with E-state index in [1.54, 1.807) is 7.11 Å². The first-order chi connectivity index (χ1) is 8.17. The van der Waals surface area contributed by atoms with Crippen LogP contribution in [0.3, 0.4) is 0 Å². The molecule has 2 aromatic rings. The van der Waals surface area contributed by atoms with Gasteiger partial charge in [-0.1, -0.05) is 18.2 Å². The first-order valence-electron chi connectivity index (χ1n) is 5.33. The van der Waals surface area contributed by atoms with Crippen LogP contribution in [0.4, 0.5) is 0 Å². The van der Waals surface area contributed by atoms with Crippen LogP contribution in [0.1, 0.15) is 18.4 Å². The topological polar surface area (TPSA) is 33.0 Å². The largest absolute Gasteiger partial charge is 0.496 e. The number of nitriles is 1. The second kappa shape index (κ2) is 4.77. The summed E-state index contributed by atoms with van der Waals surface area (Å²) in [5.74, 6) is 0.735. The molecule has 0 spiro atoms. The predicted molar refractivity (Wildman–Crippen MR) is 72.2 cm³/mol. The van der Waals surface area contributed by atoms with Gasteiger partial charge >= 0.3 is 0 Å². The Kier molecular flexibility index (Phi) is 3.35. The molecule has 0 fully saturated rings. The normalized spacial score (nSPS) is 12.1. The van der Waals surface area contributed by atoms with Crippen molar-refractivity contribution in [2.75, 3.05) is 7.11 Å². The van der Waals surface area contributed by atoms with Crippen molar-refractivity contribution in [3.05, 3.63) is 40.4 Å². The first kappa shape index (κ1) is 11.9. The third-order valence-corrected chi connectivity index (χ3v) is 3.67. The highest BCUT2D eigenvalue weighted by Crippen LogP contribution is 2.34. The van der Waals surface area contributed by atoms with Crippen molar-refractivity contribution in [2.45, 2.75) is 12.8 Å². The minimum absolute atomic E-state index is 0.0831. The van der Waals surface area contributed by atoms with Crippen molar-refractivity contribution in [1.82, 2.24) is 0 Å². The molecule has 0 saturated heterocycles. The molecule has 0 saturated carbocycles. The van der Waals surface area contributed by atoms with Crippen LogP contribution >= 0.6 is 15.9 Å². The third-order valence-electron chi connectivity index (χ3n) is 2.86. The summed E-state index contributed by atoms with van der Waals surface area (Å²) < 4.78 is 6.21. The Labute approximate surface area is 109 Å². The SMILES string of the molecule is COc1ccc2cc(C(C)C#N)ccc2c1Br. The van der Waals surface area contributed by atoms with Crippen molar-refractivity contribution < 1.29 is 4.74 Å². The second-order valence-electron chi connectivity index (χ2n) is 3.91. The molecule has 86 valence electrons. The van der Waals surface area contributed by atoms with Gasteiger partial charge in [-0.2, -0.15) is 5.26 Å². The van der Waals surface area contributed by atoms with Crippen LogP contribution in [0, 0.1) is 11.3 Å². The molecule has 2 rings (SSSR count). The Morgan fingerprint density at radius 1 is 1.29 bits per heavy atom. The van der Waals surface area contributed by atoms with Crippen molar-refractivity contribution in [1.29, 1.82) is 5.26 Å². The molecule has 0 N–H and O–H groups in total. The van der Waals surface area contributed by atoms with Gasteiger partial charge in [0.2, 0.25) is 0 Å². The lowest BCUT2D eigenvalue weighted by Gasteiger charge is -2.09. The van der Waals surface area contributed by atoms with Crippen LogP contribution in [0.5, 0.6) is 5.75 Å². The van der Waals surface area contributed by atoms with Gasteiger partial charge in [-0.05, 0) is 51.3 Å². The number of fused-ring (bicyclic) bond motifs is 1. The quantitative estimate of drug-likeness (QED) is 0.828. The van der Waals surface area contributed by atoms with Crippen LogP contribution < -0.4 is 4.74 Å². The molecule has 0 aliphatic heterocycles. The highest BCUT2D eigenvalue weighted by Gasteiger charge is 2.08. The number of nitrogens with zero attached hydrogens (tertiary/aromatic N) is 1. The average Bonchev–Trinajstić information content (AvgIpc) is 2.38. The monoisotopic (exact) mass is 289 g/mol. The molecule has 2 aromatic carbocycles. The lowest BCUT2D eigenvalue weighted by atomic mass is 9.99. The van der Waals surface area contributed by atoms with E-state index in [1.807, 2.05) is 37.3 Å². The molecule has 0 aliphatic rings. The smallest absolute Gasteiger partial charge is 0.133 e. The van der Waals surface area contributed by atoms with Gasteiger partial charge in [-0.15, -0.1) is 0 Å². The Balaban J connectivity index is 2.62. The summed E-state index contributed by atoms with van der Waals surface area (Å²) in [6.07, 6.45) is 0. The van der Waals surface area contributed by atoms with E-state index in [0.29, 0.717) is 0 Å². The summed E-state index contributed by atoms with van der Waals surface area (Å²) >= 11 is 3.53. The van der Waals surface area contributed by atoms with E-state index >= 15 is 0 Å². The zero-order valence-corrected chi connectivity index (χ0v) is 11.3. The Morgan fingerprint density at radius 2 is 2.06 bits per heavy atom. The first-order valence-corrected chi connectivity index (χ1v) is 6.12. The van der Waals surface area contributed by atoms with Crippen LogP contribution in [0.2, 0.25) is 0 Å². The number of hydrogen-bond donors (Lipinski definition) is 0. The molecule has 0 aromatic heterocycles. The maximum absolute atomic E-state index is 8.92. The summed E-state index contributed by atoms with van der Waals surface area (Å²) in [5.41, 5.74) is 1.04. The lowest BCUT2D eigenvalue weighted by molar-refractivity contribution is 0.413. The molecule has 0 heterocycles. The fourth-order valence-corrected chi connectivity index (χ4v) is 2.45. The number of rotatable bonds is 2. The molecule has 2 nitrogen and oxygen atoms in total. The van der Waals surface area contributed by atoms with Crippen LogP contribution in [-0.4, -0.2) is 7.11 Å². The number of hydrogen-bond acceptors (Lipinski definition) is 2. The zero-order chi connectivity index (χ0) is 12.4. The summed E-state index contributed by atoms with van der Waals surface area (Å²) in [7, 11) is 1.65. The second-order valence-corrected chi connectivity index (χ2v) is 4.71. The average molecular weight is 290 g/mol. The third kappa shape index (κ3) is 2.13. The van der Waals surface area contributed by atoms with Gasteiger partial charge in [0.25, 0.3) is 0 Å². The minimum Gasteiger partial charge on any atom is -0.496 e. The molecule has 1 atom stereocenters. The molecule has 1 unspecified atom stereocenters. The number of benzene rings is 2. The van der Waals surface area contributed by atoms with E-state index in [2.05, 4.69) is 22.0 Å². The number of halogens is 1. The fourth-order valence-electron chi connectivity index (χ4n) is 1.79. The molecule has 0 amide bonds. The van der Waals surface area contributed by atoms with Gasteiger partial charge in [0, 0.05) is 0 Å². The van der Waals surface area contributed by atoms with Crippen LogP contribution in [0.15, 0.2) is 34.8 Å². The Morgan fingerprint density at radius 3 is 2.71 bits per heavy atom. The van der Waals surface area contributed by atoms with Gasteiger partial charge in [0.1, 0.15) is 5.75 Å². The highest BCUT2D eigenvalue weighted by atomic mass is 79.9. The van der Waals surface area contributed by atoms with E-state index in [-0.39, 0.29) is 5.92 Å². The summed E-state index contributed by atoms with van der Waals surface area (Å²) in [6, 6.07) is 12.2. The van der Waals surface area contributed by atoms with Crippen molar-refractivity contribution >= 4 is 26.7 Å². The molecular formula is C14H12BrNO. The molecular weight excluding hydrogens is 278 g/mol. The molecule has 0 aliphatic carbocycles. The van der Waals surface area contributed by atoms with Gasteiger partial charge < -0.3 is 4.74 Å². The number of ether oxygens (including phenoxy) is 1. The lowest BCUT2D eigenvalue weighted by Crippen LogP contribution is -1.90. The van der Waals surface area contributed by atoms with Crippen LogP contribution in [-0.2, 0) is 0 Å². The Hall–Kier alpha value is -1.53. The van der Waals surface area contributed by atoms with Gasteiger partial charge in [-0.25, -0.2) is 0 Å². The van der Waals surface area contributed by atoms with Gasteiger partial charge in [-0.3, -0.25) is 0 Å². The fraction of sp³-hybridized carbons (Fsp3) is 0.214. The minimum atomic E-state index is -0.0831. The summed E-state index contributed by atoms with van der Waals surface area (Å²) in [6.45, 7) is 1.90. The van der Waals surface area contributed by atoms with E-state index in [4.69, 9.17) is 10.00 Å². The van der Waals surface area contributed by atoms with E-state index in [0.717, 1.165) is 26.6 Å². The molecule has 0 radical (unpaired) electrons. The predicted octanol–water partition coefficient (Wildman–Crippen LogP) is 4.24. The number of methoxy groups -OCH3 is 1.